The summed E-state index contributed by atoms with van der Waals surface area (Å²) in [7, 11) is 0. The van der Waals surface area contributed by atoms with Crippen LogP contribution in [0.1, 0.15) is 11.1 Å². The van der Waals surface area contributed by atoms with Crippen LogP contribution in [0.4, 0.5) is 0 Å². The van der Waals surface area contributed by atoms with Gasteiger partial charge in [-0.15, -0.1) is 11.8 Å². The van der Waals surface area contributed by atoms with Gasteiger partial charge in [-0.25, -0.2) is 0 Å². The van der Waals surface area contributed by atoms with E-state index < -0.39 is 0 Å². The summed E-state index contributed by atoms with van der Waals surface area (Å²) >= 11 is 5.32. The predicted octanol–water partition coefficient (Wildman–Crippen LogP) is 4.47. The highest BCUT2D eigenvalue weighted by atomic mass is 79.9. The summed E-state index contributed by atoms with van der Waals surface area (Å²) < 4.78 is 1.10. The minimum absolute atomic E-state index is 0.226. The molecule has 1 heterocycles. The number of rotatable bonds is 2. The summed E-state index contributed by atoms with van der Waals surface area (Å²) in [4.78, 5) is 4.77. The van der Waals surface area contributed by atoms with Gasteiger partial charge in [0.15, 0.2) is 0 Å². The molecule has 2 aromatic carbocycles. The molecule has 0 saturated carbocycles. The number of thioether (sulfide) groups is 1. The molecule has 0 amide bonds. The average Bonchev–Trinajstić information content (AvgIpc) is 2.90. The first-order chi connectivity index (χ1) is 8.81. The molecule has 2 aromatic rings. The van der Waals surface area contributed by atoms with E-state index in [0.29, 0.717) is 0 Å². The molecule has 1 nitrogen and oxygen atoms in total. The second-order valence-corrected chi connectivity index (χ2v) is 6.03. The van der Waals surface area contributed by atoms with Gasteiger partial charge in [-0.3, -0.25) is 4.99 Å². The van der Waals surface area contributed by atoms with E-state index >= 15 is 0 Å². The highest BCUT2D eigenvalue weighted by molar-refractivity contribution is 9.10. The van der Waals surface area contributed by atoms with Crippen molar-refractivity contribution in [2.24, 2.45) is 4.99 Å². The van der Waals surface area contributed by atoms with Crippen LogP contribution in [0.2, 0.25) is 0 Å². The summed E-state index contributed by atoms with van der Waals surface area (Å²) in [6.45, 7) is 0. The van der Waals surface area contributed by atoms with Gasteiger partial charge in [0.25, 0.3) is 0 Å². The number of benzene rings is 2. The number of nitrogens with zero attached hydrogens (tertiary/aromatic N) is 1. The number of hydrogen-bond acceptors (Lipinski definition) is 2. The molecule has 0 saturated heterocycles. The second-order valence-electron chi connectivity index (χ2n) is 4.28. The Balaban J connectivity index is 2.16. The van der Waals surface area contributed by atoms with E-state index in [-0.39, 0.29) is 5.54 Å². The van der Waals surface area contributed by atoms with Gasteiger partial charge in [0.2, 0.25) is 0 Å². The zero-order chi connectivity index (χ0) is 12.4. The Morgan fingerprint density at radius 3 is 2.44 bits per heavy atom. The lowest BCUT2D eigenvalue weighted by Crippen LogP contribution is -2.25. The fourth-order valence-electron chi connectivity index (χ4n) is 2.26. The zero-order valence-corrected chi connectivity index (χ0v) is 12.1. The standard InChI is InChI=1S/C15H12BrNS/c16-14-8-4-7-13(9-14)15(10-18-11-17-15)12-5-2-1-3-6-12/h1-9,11H,10H2. The van der Waals surface area contributed by atoms with Crippen LogP contribution in [-0.2, 0) is 5.54 Å². The van der Waals surface area contributed by atoms with Crippen LogP contribution in [0.5, 0.6) is 0 Å². The van der Waals surface area contributed by atoms with Gasteiger partial charge in [-0.05, 0) is 23.3 Å². The molecule has 0 aromatic heterocycles. The van der Waals surface area contributed by atoms with Crippen LogP contribution >= 0.6 is 27.7 Å². The van der Waals surface area contributed by atoms with Gasteiger partial charge >= 0.3 is 0 Å². The first-order valence-electron chi connectivity index (χ1n) is 5.78. The van der Waals surface area contributed by atoms with Gasteiger partial charge in [-0.2, -0.15) is 0 Å². The molecule has 0 aliphatic carbocycles. The first kappa shape index (κ1) is 12.0. The molecule has 3 rings (SSSR count). The molecule has 0 radical (unpaired) electrons. The Bertz CT molecular complexity index is 582. The lowest BCUT2D eigenvalue weighted by molar-refractivity contribution is 0.631. The third-order valence-electron chi connectivity index (χ3n) is 3.19. The van der Waals surface area contributed by atoms with Gasteiger partial charge in [0.05, 0.1) is 5.55 Å². The Labute approximate surface area is 119 Å². The Kier molecular flexibility index (Phi) is 3.27. The minimum Gasteiger partial charge on any atom is -0.269 e. The Hall–Kier alpha value is -1.06. The van der Waals surface area contributed by atoms with Crippen molar-refractivity contribution in [1.29, 1.82) is 0 Å². The zero-order valence-electron chi connectivity index (χ0n) is 9.71. The van der Waals surface area contributed by atoms with Crippen LogP contribution in [0.3, 0.4) is 0 Å². The summed E-state index contributed by atoms with van der Waals surface area (Å²) in [5.74, 6) is 0.966. The van der Waals surface area contributed by atoms with Crippen molar-refractivity contribution in [2.75, 3.05) is 5.75 Å². The van der Waals surface area contributed by atoms with Crippen molar-refractivity contribution in [3.05, 3.63) is 70.2 Å². The topological polar surface area (TPSA) is 12.4 Å². The van der Waals surface area contributed by atoms with E-state index in [0.717, 1.165) is 10.2 Å². The van der Waals surface area contributed by atoms with Crippen molar-refractivity contribution >= 4 is 33.2 Å². The maximum Gasteiger partial charge on any atom is 0.121 e. The first-order valence-corrected chi connectivity index (χ1v) is 7.62. The smallest absolute Gasteiger partial charge is 0.121 e. The molecule has 0 N–H and O–H groups in total. The molecule has 1 aliphatic rings. The summed E-state index contributed by atoms with van der Waals surface area (Å²) in [5, 5.41) is 0. The van der Waals surface area contributed by atoms with E-state index in [1.807, 2.05) is 17.7 Å². The highest BCUT2D eigenvalue weighted by Crippen LogP contribution is 2.40. The van der Waals surface area contributed by atoms with E-state index in [2.05, 4.69) is 58.4 Å². The highest BCUT2D eigenvalue weighted by Gasteiger charge is 2.36. The summed E-state index contributed by atoms with van der Waals surface area (Å²) in [6, 6.07) is 19.0. The molecule has 1 unspecified atom stereocenters. The van der Waals surface area contributed by atoms with Crippen molar-refractivity contribution < 1.29 is 0 Å². The summed E-state index contributed by atoms with van der Waals surface area (Å²) in [5.41, 5.74) is 4.23. The molecule has 0 fully saturated rings. The maximum atomic E-state index is 4.77. The van der Waals surface area contributed by atoms with Crippen molar-refractivity contribution in [3.63, 3.8) is 0 Å². The molecule has 0 bridgehead atoms. The SMILES string of the molecule is Brc1cccc(C2(c3ccccc3)CSC=N2)c1. The maximum absolute atomic E-state index is 4.77. The lowest BCUT2D eigenvalue weighted by atomic mass is 9.85. The normalized spacial score (nSPS) is 22.3. The largest absolute Gasteiger partial charge is 0.269 e. The van der Waals surface area contributed by atoms with Crippen molar-refractivity contribution in [2.45, 2.75) is 5.54 Å². The predicted molar refractivity (Wildman–Crippen MR) is 82.3 cm³/mol. The van der Waals surface area contributed by atoms with Crippen LogP contribution in [-0.4, -0.2) is 11.3 Å². The van der Waals surface area contributed by atoms with Crippen molar-refractivity contribution in [3.8, 4) is 0 Å². The number of halogens is 1. The van der Waals surface area contributed by atoms with Gasteiger partial charge in [0, 0.05) is 10.2 Å². The van der Waals surface area contributed by atoms with E-state index in [1.54, 1.807) is 11.8 Å². The van der Waals surface area contributed by atoms with Crippen molar-refractivity contribution in [1.82, 2.24) is 0 Å². The summed E-state index contributed by atoms with van der Waals surface area (Å²) in [6.07, 6.45) is 0. The molecule has 0 spiro atoms. The van der Waals surface area contributed by atoms with Crippen LogP contribution in [0, 0.1) is 0 Å². The Morgan fingerprint density at radius 1 is 1.00 bits per heavy atom. The average molecular weight is 318 g/mol. The van der Waals surface area contributed by atoms with Crippen LogP contribution in [0.15, 0.2) is 64.1 Å². The number of aliphatic imine (C=N–C) groups is 1. The number of hydrogen-bond donors (Lipinski definition) is 0. The molecule has 18 heavy (non-hydrogen) atoms. The quantitative estimate of drug-likeness (QED) is 0.796. The van der Waals surface area contributed by atoms with Gasteiger partial charge in [-0.1, -0.05) is 58.4 Å². The van der Waals surface area contributed by atoms with E-state index in [1.165, 1.54) is 11.1 Å². The van der Waals surface area contributed by atoms with Crippen LogP contribution in [0.25, 0.3) is 0 Å². The minimum atomic E-state index is -0.226. The van der Waals surface area contributed by atoms with Gasteiger partial charge in [0.1, 0.15) is 5.54 Å². The monoisotopic (exact) mass is 317 g/mol. The Morgan fingerprint density at radius 2 is 1.78 bits per heavy atom. The lowest BCUT2D eigenvalue weighted by Gasteiger charge is -2.27. The van der Waals surface area contributed by atoms with Gasteiger partial charge < -0.3 is 0 Å². The molecule has 90 valence electrons. The second kappa shape index (κ2) is 4.90. The van der Waals surface area contributed by atoms with E-state index in [4.69, 9.17) is 4.99 Å². The van der Waals surface area contributed by atoms with Crippen LogP contribution < -0.4 is 0 Å². The fourth-order valence-corrected chi connectivity index (χ4v) is 3.64. The molecule has 3 heteroatoms. The molecule has 1 atom stereocenters. The molecular weight excluding hydrogens is 306 g/mol. The third kappa shape index (κ3) is 2.02. The molecular formula is C15H12BrNS. The fraction of sp³-hybridized carbons (Fsp3) is 0.133. The third-order valence-corrected chi connectivity index (χ3v) is 4.53. The van der Waals surface area contributed by atoms with E-state index in [9.17, 15) is 0 Å². The molecule has 1 aliphatic heterocycles.